The molecular formula is C49H43NO6. The van der Waals surface area contributed by atoms with E-state index in [0.29, 0.717) is 37.6 Å². The van der Waals surface area contributed by atoms with Crippen LogP contribution in [-0.2, 0) is 19.1 Å². The van der Waals surface area contributed by atoms with Crippen LogP contribution in [0.2, 0.25) is 0 Å². The Morgan fingerprint density at radius 2 is 1.04 bits per heavy atom. The molecule has 7 aromatic carbocycles. The van der Waals surface area contributed by atoms with Gasteiger partial charge in [-0.05, 0) is 123 Å². The van der Waals surface area contributed by atoms with Crippen LogP contribution in [0, 0.1) is 6.92 Å². The topological polar surface area (TPSA) is 74.3 Å². The van der Waals surface area contributed by atoms with Crippen LogP contribution in [0.5, 0.6) is 11.5 Å². The van der Waals surface area contributed by atoms with Crippen LogP contribution in [0.25, 0.3) is 43.4 Å². The van der Waals surface area contributed by atoms with E-state index in [1.807, 2.05) is 48.5 Å². The van der Waals surface area contributed by atoms with Crippen molar-refractivity contribution in [3.05, 3.63) is 164 Å². The summed E-state index contributed by atoms with van der Waals surface area (Å²) < 4.78 is 22.1. The van der Waals surface area contributed by atoms with Gasteiger partial charge >= 0.3 is 11.9 Å². The third-order valence-corrected chi connectivity index (χ3v) is 9.66. The van der Waals surface area contributed by atoms with Crippen molar-refractivity contribution >= 4 is 61.3 Å². The van der Waals surface area contributed by atoms with Crippen LogP contribution >= 0.6 is 0 Å². The predicted molar refractivity (Wildman–Crippen MR) is 226 cm³/mol. The molecule has 0 aliphatic carbocycles. The van der Waals surface area contributed by atoms with E-state index in [1.165, 1.54) is 43.4 Å². The zero-order valence-corrected chi connectivity index (χ0v) is 31.4. The van der Waals surface area contributed by atoms with Crippen molar-refractivity contribution in [1.82, 2.24) is 0 Å². The van der Waals surface area contributed by atoms with Crippen molar-refractivity contribution in [3.8, 4) is 22.6 Å². The van der Waals surface area contributed by atoms with E-state index in [1.54, 1.807) is 0 Å². The highest BCUT2D eigenvalue weighted by Gasteiger charge is 2.18. The van der Waals surface area contributed by atoms with Gasteiger partial charge in [0.15, 0.2) is 0 Å². The Kier molecular flexibility index (Phi) is 11.7. The molecule has 0 fully saturated rings. The van der Waals surface area contributed by atoms with Crippen molar-refractivity contribution in [1.29, 1.82) is 0 Å². The molecule has 0 aliphatic rings. The first-order chi connectivity index (χ1) is 27.4. The second kappa shape index (κ2) is 17.5. The number of anilines is 3. The Morgan fingerprint density at radius 1 is 0.518 bits per heavy atom. The fourth-order valence-electron chi connectivity index (χ4n) is 6.91. The molecule has 0 aromatic heterocycles. The zero-order chi connectivity index (χ0) is 38.9. The van der Waals surface area contributed by atoms with Crippen LogP contribution in [0.1, 0.15) is 18.4 Å². The third kappa shape index (κ3) is 8.43. The van der Waals surface area contributed by atoms with Gasteiger partial charge in [0.05, 0.1) is 26.4 Å². The van der Waals surface area contributed by atoms with E-state index in [9.17, 15) is 9.59 Å². The van der Waals surface area contributed by atoms with Crippen LogP contribution in [0.4, 0.5) is 17.1 Å². The molecule has 0 N–H and O–H groups in total. The number of benzene rings is 7. The number of ether oxygens (including phenoxy) is 4. The van der Waals surface area contributed by atoms with Gasteiger partial charge in [0, 0.05) is 42.1 Å². The van der Waals surface area contributed by atoms with Gasteiger partial charge in [-0.3, -0.25) is 0 Å². The number of hydrogen-bond acceptors (Lipinski definition) is 7. The standard InChI is InChI=1S/C49H43NO6/c1-4-48(51)55-30-10-28-53-39-23-19-36(20-24-39)50(37-21-25-40(26-22-37)54-29-11-31-56-49(52)5-2)38-18-16-34(3)45(32-38)47-33-46-41-13-7-6-12-35(41)17-27-44(46)42-14-8-9-15-43(42)47/h4-9,12-27,32-33H,1-2,10-11,28-31H2,3H3. The first-order valence-electron chi connectivity index (χ1n) is 18.7. The monoisotopic (exact) mass is 741 g/mol. The van der Waals surface area contributed by atoms with Gasteiger partial charge in [-0.25, -0.2) is 9.59 Å². The number of nitrogens with zero attached hydrogens (tertiary/aromatic N) is 1. The largest absolute Gasteiger partial charge is 0.493 e. The van der Waals surface area contributed by atoms with Crippen molar-refractivity contribution in [2.24, 2.45) is 0 Å². The van der Waals surface area contributed by atoms with Gasteiger partial charge in [-0.15, -0.1) is 0 Å². The SMILES string of the molecule is C=CC(=O)OCCCOc1ccc(N(c2ccc(OCCCOC(=O)C=C)cc2)c2ccc(C)c(-c3cc4c5ccccc5ccc4c4ccccc34)c2)cc1. The Morgan fingerprint density at radius 3 is 1.62 bits per heavy atom. The summed E-state index contributed by atoms with van der Waals surface area (Å²) in [5, 5.41) is 7.32. The van der Waals surface area contributed by atoms with E-state index < -0.39 is 11.9 Å². The number of esters is 2. The number of hydrogen-bond donors (Lipinski definition) is 0. The fraction of sp³-hybridized carbons (Fsp3) is 0.143. The summed E-state index contributed by atoms with van der Waals surface area (Å²) in [4.78, 5) is 25.0. The van der Waals surface area contributed by atoms with Gasteiger partial charge in [-0.2, -0.15) is 0 Å². The van der Waals surface area contributed by atoms with Crippen molar-refractivity contribution in [2.45, 2.75) is 19.8 Å². The number of aryl methyl sites for hydroxylation is 1. The molecule has 0 heterocycles. The molecule has 7 aromatic rings. The molecule has 0 spiro atoms. The summed E-state index contributed by atoms with van der Waals surface area (Å²) in [6.07, 6.45) is 3.43. The first-order valence-corrected chi connectivity index (χ1v) is 18.7. The normalized spacial score (nSPS) is 10.9. The Hall–Kier alpha value is -6.86. The Labute approximate surface area is 327 Å². The van der Waals surface area contributed by atoms with Gasteiger partial charge in [0.2, 0.25) is 0 Å². The molecule has 280 valence electrons. The average molecular weight is 742 g/mol. The number of fused-ring (bicyclic) bond motifs is 5. The molecule has 0 aliphatic heterocycles. The molecule has 0 radical (unpaired) electrons. The molecule has 7 rings (SSSR count). The Balaban J connectivity index is 1.24. The highest BCUT2D eigenvalue weighted by molar-refractivity contribution is 6.21. The minimum absolute atomic E-state index is 0.262. The number of carbonyl (C=O) groups excluding carboxylic acids is 2. The lowest BCUT2D eigenvalue weighted by Crippen LogP contribution is -2.11. The molecule has 0 bridgehead atoms. The summed E-state index contributed by atoms with van der Waals surface area (Å²) in [5.41, 5.74) is 6.37. The highest BCUT2D eigenvalue weighted by Crippen LogP contribution is 2.42. The molecule has 7 nitrogen and oxygen atoms in total. The van der Waals surface area contributed by atoms with Gasteiger partial charge in [0.1, 0.15) is 11.5 Å². The average Bonchev–Trinajstić information content (AvgIpc) is 3.24. The second-order valence-electron chi connectivity index (χ2n) is 13.3. The van der Waals surface area contributed by atoms with Crippen molar-refractivity contribution in [2.75, 3.05) is 31.3 Å². The lowest BCUT2D eigenvalue weighted by molar-refractivity contribution is -0.138. The van der Waals surface area contributed by atoms with Crippen LogP contribution in [0.15, 0.2) is 159 Å². The summed E-state index contributed by atoms with van der Waals surface area (Å²) in [5.74, 6) is 0.542. The number of carbonyl (C=O) groups is 2. The quantitative estimate of drug-likeness (QED) is 0.0422. The second-order valence-corrected chi connectivity index (χ2v) is 13.3. The lowest BCUT2D eigenvalue weighted by Gasteiger charge is -2.27. The van der Waals surface area contributed by atoms with E-state index >= 15 is 0 Å². The minimum atomic E-state index is -0.442. The van der Waals surface area contributed by atoms with E-state index in [-0.39, 0.29) is 13.2 Å². The zero-order valence-electron chi connectivity index (χ0n) is 31.4. The smallest absolute Gasteiger partial charge is 0.330 e. The lowest BCUT2D eigenvalue weighted by atomic mass is 9.89. The summed E-state index contributed by atoms with van der Waals surface area (Å²) >= 11 is 0. The fourth-order valence-corrected chi connectivity index (χ4v) is 6.91. The highest BCUT2D eigenvalue weighted by atomic mass is 16.5. The maximum atomic E-state index is 11.4. The molecule has 56 heavy (non-hydrogen) atoms. The molecular weight excluding hydrogens is 699 g/mol. The maximum Gasteiger partial charge on any atom is 0.330 e. The molecule has 0 saturated carbocycles. The van der Waals surface area contributed by atoms with Gasteiger partial charge in [0.25, 0.3) is 0 Å². The maximum absolute atomic E-state index is 11.4. The Bertz CT molecular complexity index is 2450. The molecule has 0 amide bonds. The van der Waals surface area contributed by atoms with E-state index in [4.69, 9.17) is 18.9 Å². The third-order valence-electron chi connectivity index (χ3n) is 9.66. The van der Waals surface area contributed by atoms with Crippen molar-refractivity contribution < 1.29 is 28.5 Å². The van der Waals surface area contributed by atoms with Crippen molar-refractivity contribution in [3.63, 3.8) is 0 Å². The summed E-state index contributed by atoms with van der Waals surface area (Å²) in [6, 6.07) is 46.6. The van der Waals surface area contributed by atoms with Crippen LogP contribution in [0.3, 0.4) is 0 Å². The first kappa shape index (κ1) is 37.5. The minimum Gasteiger partial charge on any atom is -0.493 e. The van der Waals surface area contributed by atoms with E-state index in [2.05, 4.69) is 110 Å². The predicted octanol–water partition coefficient (Wildman–Crippen LogP) is 11.6. The van der Waals surface area contributed by atoms with E-state index in [0.717, 1.165) is 34.8 Å². The summed E-state index contributed by atoms with van der Waals surface area (Å²) in [6.45, 7) is 10.4. The number of rotatable bonds is 16. The van der Waals surface area contributed by atoms with Crippen LogP contribution in [-0.4, -0.2) is 38.4 Å². The van der Waals surface area contributed by atoms with Gasteiger partial charge in [-0.1, -0.05) is 79.9 Å². The van der Waals surface area contributed by atoms with Gasteiger partial charge < -0.3 is 23.8 Å². The molecule has 0 saturated heterocycles. The molecule has 7 heteroatoms. The molecule has 0 unspecified atom stereocenters. The molecule has 0 atom stereocenters. The van der Waals surface area contributed by atoms with Crippen LogP contribution < -0.4 is 14.4 Å². The summed E-state index contributed by atoms with van der Waals surface area (Å²) in [7, 11) is 0.